The van der Waals surface area contributed by atoms with E-state index in [1.54, 1.807) is 6.92 Å². The molecule has 0 amide bonds. The summed E-state index contributed by atoms with van der Waals surface area (Å²) in [4.78, 5) is 3.82. The van der Waals surface area contributed by atoms with Crippen molar-refractivity contribution in [2.75, 3.05) is 7.11 Å². The number of aromatic nitrogens is 3. The summed E-state index contributed by atoms with van der Waals surface area (Å²) in [6.45, 7) is 1.76. The van der Waals surface area contributed by atoms with Crippen LogP contribution >= 0.6 is 0 Å². The van der Waals surface area contributed by atoms with Gasteiger partial charge in [-0.15, -0.1) is 5.10 Å². The standard InChI is InChI=1S/C11H11F2N3O/c1-7(16-4-3-10(13)15-16)9-5-8(12)6-14-11(9)17-2/h3-7H,1-2H3. The lowest BCUT2D eigenvalue weighted by Gasteiger charge is -2.15. The predicted molar refractivity (Wildman–Crippen MR) is 56.7 cm³/mol. The van der Waals surface area contributed by atoms with Gasteiger partial charge in [-0.1, -0.05) is 0 Å². The molecule has 0 N–H and O–H groups in total. The van der Waals surface area contributed by atoms with Crippen molar-refractivity contribution < 1.29 is 13.5 Å². The Balaban J connectivity index is 2.42. The van der Waals surface area contributed by atoms with Crippen molar-refractivity contribution in [3.05, 3.63) is 41.9 Å². The van der Waals surface area contributed by atoms with Gasteiger partial charge in [0.15, 0.2) is 0 Å². The minimum atomic E-state index is -0.583. The highest BCUT2D eigenvalue weighted by atomic mass is 19.1. The van der Waals surface area contributed by atoms with E-state index in [0.29, 0.717) is 11.4 Å². The van der Waals surface area contributed by atoms with Gasteiger partial charge in [0.05, 0.1) is 19.3 Å². The van der Waals surface area contributed by atoms with Crippen LogP contribution in [0.25, 0.3) is 0 Å². The molecule has 0 saturated carbocycles. The van der Waals surface area contributed by atoms with Crippen LogP contribution in [0.15, 0.2) is 24.5 Å². The van der Waals surface area contributed by atoms with E-state index in [4.69, 9.17) is 4.74 Å². The van der Waals surface area contributed by atoms with Crippen LogP contribution in [0, 0.1) is 11.8 Å². The van der Waals surface area contributed by atoms with Crippen LogP contribution in [-0.2, 0) is 0 Å². The largest absolute Gasteiger partial charge is 0.481 e. The van der Waals surface area contributed by atoms with E-state index >= 15 is 0 Å². The third-order valence-electron chi connectivity index (χ3n) is 2.46. The summed E-state index contributed by atoms with van der Waals surface area (Å²) in [5.41, 5.74) is 0.510. The Morgan fingerprint density at radius 2 is 2.18 bits per heavy atom. The first-order valence-corrected chi connectivity index (χ1v) is 5.02. The number of ether oxygens (including phenoxy) is 1. The molecule has 2 aromatic rings. The van der Waals surface area contributed by atoms with Gasteiger partial charge >= 0.3 is 0 Å². The summed E-state index contributed by atoms with van der Waals surface area (Å²) in [6, 6.07) is 2.17. The lowest BCUT2D eigenvalue weighted by Crippen LogP contribution is -2.10. The quantitative estimate of drug-likeness (QED) is 0.824. The van der Waals surface area contributed by atoms with Gasteiger partial charge in [-0.25, -0.2) is 9.37 Å². The predicted octanol–water partition coefficient (Wildman–Crippen LogP) is 2.17. The molecule has 2 rings (SSSR count). The SMILES string of the molecule is COc1ncc(F)cc1C(C)n1ccc(F)n1. The van der Waals surface area contributed by atoms with E-state index in [1.165, 1.54) is 30.1 Å². The van der Waals surface area contributed by atoms with E-state index < -0.39 is 11.8 Å². The maximum Gasteiger partial charge on any atom is 0.232 e. The van der Waals surface area contributed by atoms with Crippen LogP contribution in [0.2, 0.25) is 0 Å². The Morgan fingerprint density at radius 1 is 1.41 bits per heavy atom. The highest BCUT2D eigenvalue weighted by Gasteiger charge is 2.16. The molecule has 0 fully saturated rings. The molecule has 0 saturated heterocycles. The lowest BCUT2D eigenvalue weighted by molar-refractivity contribution is 0.379. The Hall–Kier alpha value is -1.98. The van der Waals surface area contributed by atoms with E-state index in [0.717, 1.165) is 6.20 Å². The van der Waals surface area contributed by atoms with E-state index in [-0.39, 0.29) is 6.04 Å². The summed E-state index contributed by atoms with van der Waals surface area (Å²) in [5, 5.41) is 3.64. The molecule has 0 aromatic carbocycles. The number of halogens is 2. The summed E-state index contributed by atoms with van der Waals surface area (Å²) in [7, 11) is 1.44. The normalized spacial score (nSPS) is 12.5. The highest BCUT2D eigenvalue weighted by molar-refractivity contribution is 5.29. The van der Waals surface area contributed by atoms with Crippen molar-refractivity contribution in [1.29, 1.82) is 0 Å². The van der Waals surface area contributed by atoms with Crippen molar-refractivity contribution >= 4 is 0 Å². The second-order valence-electron chi connectivity index (χ2n) is 3.55. The molecule has 2 aromatic heterocycles. The average molecular weight is 239 g/mol. The Labute approximate surface area is 96.9 Å². The van der Waals surface area contributed by atoms with E-state index in [2.05, 4.69) is 10.1 Å². The number of nitrogens with zero attached hydrogens (tertiary/aromatic N) is 3. The monoisotopic (exact) mass is 239 g/mol. The summed E-state index contributed by atoms with van der Waals surface area (Å²) in [6.07, 6.45) is 2.54. The number of hydrogen-bond donors (Lipinski definition) is 0. The molecule has 90 valence electrons. The van der Waals surface area contributed by atoms with Gasteiger partial charge in [0.2, 0.25) is 11.8 Å². The molecule has 0 radical (unpaired) electrons. The number of methoxy groups -OCH3 is 1. The molecule has 4 nitrogen and oxygen atoms in total. The summed E-state index contributed by atoms with van der Waals surface area (Å²) in [5.74, 6) is -0.754. The zero-order valence-electron chi connectivity index (χ0n) is 9.39. The molecule has 1 atom stereocenters. The minimum absolute atomic E-state index is 0.301. The smallest absolute Gasteiger partial charge is 0.232 e. The maximum absolute atomic E-state index is 13.1. The fourth-order valence-electron chi connectivity index (χ4n) is 1.59. The first-order chi connectivity index (χ1) is 8.11. The molecule has 0 spiro atoms. The van der Waals surface area contributed by atoms with Gasteiger partial charge in [-0.05, 0) is 13.0 Å². The third kappa shape index (κ3) is 2.25. The first-order valence-electron chi connectivity index (χ1n) is 5.02. The number of pyridine rings is 1. The molecule has 0 bridgehead atoms. The summed E-state index contributed by atoms with van der Waals surface area (Å²) >= 11 is 0. The van der Waals surface area contributed by atoms with Gasteiger partial charge in [0.1, 0.15) is 5.82 Å². The average Bonchev–Trinajstić information content (AvgIpc) is 2.75. The zero-order valence-corrected chi connectivity index (χ0v) is 9.39. The highest BCUT2D eigenvalue weighted by Crippen LogP contribution is 2.25. The molecular weight excluding hydrogens is 228 g/mol. The number of hydrogen-bond acceptors (Lipinski definition) is 3. The van der Waals surface area contributed by atoms with Crippen LogP contribution in [0.3, 0.4) is 0 Å². The fraction of sp³-hybridized carbons (Fsp3) is 0.273. The van der Waals surface area contributed by atoms with Crippen LogP contribution < -0.4 is 4.74 Å². The van der Waals surface area contributed by atoms with Gasteiger partial charge in [0, 0.05) is 17.8 Å². The summed E-state index contributed by atoms with van der Waals surface area (Å²) < 4.78 is 32.4. The maximum atomic E-state index is 13.1. The van der Waals surface area contributed by atoms with Crippen LogP contribution in [0.1, 0.15) is 18.5 Å². The molecule has 0 aliphatic carbocycles. The lowest BCUT2D eigenvalue weighted by atomic mass is 10.1. The number of rotatable bonds is 3. The third-order valence-corrected chi connectivity index (χ3v) is 2.46. The molecule has 0 aliphatic rings. The molecule has 17 heavy (non-hydrogen) atoms. The topological polar surface area (TPSA) is 39.9 Å². The van der Waals surface area contributed by atoms with Gasteiger partial charge in [-0.3, -0.25) is 4.68 Å². The zero-order chi connectivity index (χ0) is 12.4. The van der Waals surface area contributed by atoms with Crippen molar-refractivity contribution in [3.63, 3.8) is 0 Å². The second kappa shape index (κ2) is 4.48. The molecule has 1 unspecified atom stereocenters. The van der Waals surface area contributed by atoms with Crippen molar-refractivity contribution in [3.8, 4) is 5.88 Å². The Morgan fingerprint density at radius 3 is 2.76 bits per heavy atom. The van der Waals surface area contributed by atoms with Crippen molar-refractivity contribution in [2.45, 2.75) is 13.0 Å². The van der Waals surface area contributed by atoms with Crippen LogP contribution in [-0.4, -0.2) is 21.9 Å². The Bertz CT molecular complexity index is 527. The van der Waals surface area contributed by atoms with Crippen molar-refractivity contribution in [2.24, 2.45) is 0 Å². The van der Waals surface area contributed by atoms with Crippen LogP contribution in [0.5, 0.6) is 5.88 Å². The van der Waals surface area contributed by atoms with Crippen LogP contribution in [0.4, 0.5) is 8.78 Å². The van der Waals surface area contributed by atoms with Gasteiger partial charge < -0.3 is 4.74 Å². The van der Waals surface area contributed by atoms with Gasteiger partial charge in [-0.2, -0.15) is 4.39 Å². The molecule has 6 heteroatoms. The molecule has 2 heterocycles. The molecular formula is C11H11F2N3O. The Kier molecular flexibility index (Phi) is 3.03. The van der Waals surface area contributed by atoms with E-state index in [9.17, 15) is 8.78 Å². The molecule has 0 aliphatic heterocycles. The van der Waals surface area contributed by atoms with Crippen molar-refractivity contribution in [1.82, 2.24) is 14.8 Å². The van der Waals surface area contributed by atoms with Gasteiger partial charge in [0.25, 0.3) is 0 Å². The minimum Gasteiger partial charge on any atom is -0.481 e. The second-order valence-corrected chi connectivity index (χ2v) is 3.55. The van der Waals surface area contributed by atoms with E-state index in [1.807, 2.05) is 0 Å². The fourth-order valence-corrected chi connectivity index (χ4v) is 1.59. The first kappa shape index (κ1) is 11.5.